The maximum Gasteiger partial charge on any atom is -0.0276 e. The Kier molecular flexibility index (Phi) is 7.15. The molecule has 0 saturated heterocycles. The molecule has 0 heteroatoms. The molecule has 0 N–H and O–H groups in total. The van der Waals surface area contributed by atoms with Crippen LogP contribution in [-0.2, 0) is 19.3 Å². The van der Waals surface area contributed by atoms with Crippen LogP contribution in [0.3, 0.4) is 0 Å². The minimum absolute atomic E-state index is 0.961. The summed E-state index contributed by atoms with van der Waals surface area (Å²) in [6, 6.07) is 20.4. The molecular weight excluding hydrogens is 300 g/mol. The van der Waals surface area contributed by atoms with Crippen LogP contribution in [0.2, 0.25) is 0 Å². The summed E-state index contributed by atoms with van der Waals surface area (Å²) in [4.78, 5) is 0. The smallest absolute Gasteiger partial charge is 0.0276 e. The summed E-state index contributed by atoms with van der Waals surface area (Å²) in [5.74, 6) is 1.92. The van der Waals surface area contributed by atoms with Crippen molar-refractivity contribution in [1.82, 2.24) is 0 Å². The third-order valence-corrected chi connectivity index (χ3v) is 6.05. The van der Waals surface area contributed by atoms with Crippen molar-refractivity contribution in [3.63, 3.8) is 0 Å². The van der Waals surface area contributed by atoms with Crippen molar-refractivity contribution < 1.29 is 0 Å². The molecule has 0 aliphatic heterocycles. The molecule has 0 amide bonds. The lowest BCUT2D eigenvalue weighted by Gasteiger charge is -2.28. The van der Waals surface area contributed by atoms with Crippen molar-refractivity contribution in [2.45, 2.75) is 71.1 Å². The molecule has 0 spiro atoms. The lowest BCUT2D eigenvalue weighted by molar-refractivity contribution is 0.253. The van der Waals surface area contributed by atoms with Gasteiger partial charge in [-0.2, -0.15) is 0 Å². The SMILES string of the molecule is CCCc1ccc(CC[C@H]2CC[C@H](CCc3ccccc3)CC2)cc1. The van der Waals surface area contributed by atoms with Crippen LogP contribution in [0.5, 0.6) is 0 Å². The second-order valence-electron chi connectivity index (χ2n) is 8.02. The molecular formula is C25H34. The van der Waals surface area contributed by atoms with Crippen molar-refractivity contribution in [1.29, 1.82) is 0 Å². The van der Waals surface area contributed by atoms with Gasteiger partial charge >= 0.3 is 0 Å². The van der Waals surface area contributed by atoms with Gasteiger partial charge in [-0.25, -0.2) is 0 Å². The second-order valence-corrected chi connectivity index (χ2v) is 8.02. The molecule has 0 unspecified atom stereocenters. The molecule has 0 nitrogen and oxygen atoms in total. The fourth-order valence-corrected chi connectivity index (χ4v) is 4.36. The van der Waals surface area contributed by atoms with Crippen LogP contribution in [0, 0.1) is 11.8 Å². The number of benzene rings is 2. The minimum Gasteiger partial charge on any atom is -0.0651 e. The topological polar surface area (TPSA) is 0 Å². The lowest BCUT2D eigenvalue weighted by Crippen LogP contribution is -2.15. The standard InChI is InChI=1S/C25H34/c1-2-6-21-9-12-23(13-10-21)15-18-25-19-16-24(17-20-25)14-11-22-7-4-3-5-8-22/h3-5,7-10,12-13,24-25H,2,6,11,14-20H2,1H3/t24-,25-. The normalized spacial score (nSPS) is 20.5. The number of hydrogen-bond acceptors (Lipinski definition) is 0. The predicted octanol–water partition coefficient (Wildman–Crippen LogP) is 7.01. The van der Waals surface area contributed by atoms with Gasteiger partial charge in [0.2, 0.25) is 0 Å². The fraction of sp³-hybridized carbons (Fsp3) is 0.520. The first-order valence-electron chi connectivity index (χ1n) is 10.4. The van der Waals surface area contributed by atoms with Gasteiger partial charge in [-0.15, -0.1) is 0 Å². The van der Waals surface area contributed by atoms with E-state index in [9.17, 15) is 0 Å². The van der Waals surface area contributed by atoms with Gasteiger partial charge in [-0.1, -0.05) is 93.6 Å². The number of rotatable bonds is 8. The van der Waals surface area contributed by atoms with Crippen LogP contribution in [0.1, 0.15) is 68.6 Å². The van der Waals surface area contributed by atoms with Crippen molar-refractivity contribution in [2.75, 3.05) is 0 Å². The third-order valence-electron chi connectivity index (χ3n) is 6.05. The van der Waals surface area contributed by atoms with Gasteiger partial charge < -0.3 is 0 Å². The number of aryl methyl sites for hydroxylation is 3. The average molecular weight is 335 g/mol. The van der Waals surface area contributed by atoms with E-state index in [1.165, 1.54) is 80.9 Å². The third kappa shape index (κ3) is 6.03. The van der Waals surface area contributed by atoms with E-state index < -0.39 is 0 Å². The predicted molar refractivity (Wildman–Crippen MR) is 109 cm³/mol. The average Bonchev–Trinajstić information content (AvgIpc) is 2.68. The molecule has 0 atom stereocenters. The van der Waals surface area contributed by atoms with E-state index in [0.29, 0.717) is 0 Å². The van der Waals surface area contributed by atoms with Gasteiger partial charge in [-0.05, 0) is 60.6 Å². The summed E-state index contributed by atoms with van der Waals surface area (Å²) >= 11 is 0. The maximum atomic E-state index is 2.36. The fourth-order valence-electron chi connectivity index (χ4n) is 4.36. The van der Waals surface area contributed by atoms with E-state index in [4.69, 9.17) is 0 Å². The first-order valence-corrected chi connectivity index (χ1v) is 10.4. The molecule has 0 aromatic heterocycles. The highest BCUT2D eigenvalue weighted by atomic mass is 14.3. The van der Waals surface area contributed by atoms with Gasteiger partial charge in [0.25, 0.3) is 0 Å². The Hall–Kier alpha value is -1.56. The van der Waals surface area contributed by atoms with Crippen LogP contribution < -0.4 is 0 Å². The van der Waals surface area contributed by atoms with Crippen LogP contribution in [-0.4, -0.2) is 0 Å². The van der Waals surface area contributed by atoms with E-state index in [2.05, 4.69) is 61.5 Å². The van der Waals surface area contributed by atoms with E-state index in [1.807, 2.05) is 0 Å². The zero-order chi connectivity index (χ0) is 17.3. The van der Waals surface area contributed by atoms with Gasteiger partial charge in [0.15, 0.2) is 0 Å². The first kappa shape index (κ1) is 18.2. The maximum absolute atomic E-state index is 2.36. The molecule has 1 saturated carbocycles. The summed E-state index contributed by atoms with van der Waals surface area (Å²) in [5, 5.41) is 0. The highest BCUT2D eigenvalue weighted by Gasteiger charge is 2.20. The highest BCUT2D eigenvalue weighted by Crippen LogP contribution is 2.34. The Morgan fingerprint density at radius 3 is 1.52 bits per heavy atom. The zero-order valence-corrected chi connectivity index (χ0v) is 15.9. The molecule has 1 fully saturated rings. The molecule has 1 aliphatic rings. The summed E-state index contributed by atoms with van der Waals surface area (Å²) < 4.78 is 0. The number of hydrogen-bond donors (Lipinski definition) is 0. The molecule has 3 rings (SSSR count). The summed E-state index contributed by atoms with van der Waals surface area (Å²) in [6.07, 6.45) is 13.6. The molecule has 2 aromatic carbocycles. The Morgan fingerprint density at radius 2 is 1.04 bits per heavy atom. The molecule has 134 valence electrons. The summed E-state index contributed by atoms with van der Waals surface area (Å²) in [7, 11) is 0. The molecule has 1 aliphatic carbocycles. The van der Waals surface area contributed by atoms with Crippen LogP contribution in [0.4, 0.5) is 0 Å². The monoisotopic (exact) mass is 334 g/mol. The van der Waals surface area contributed by atoms with Gasteiger partial charge in [0, 0.05) is 0 Å². The van der Waals surface area contributed by atoms with E-state index >= 15 is 0 Å². The molecule has 2 aromatic rings. The van der Waals surface area contributed by atoms with Gasteiger partial charge in [0.1, 0.15) is 0 Å². The van der Waals surface area contributed by atoms with Gasteiger partial charge in [0.05, 0.1) is 0 Å². The quantitative estimate of drug-likeness (QED) is 0.487. The van der Waals surface area contributed by atoms with Crippen LogP contribution in [0.25, 0.3) is 0 Å². The zero-order valence-electron chi connectivity index (χ0n) is 15.9. The van der Waals surface area contributed by atoms with E-state index in [1.54, 1.807) is 0 Å². The molecule has 0 radical (unpaired) electrons. The second kappa shape index (κ2) is 9.80. The van der Waals surface area contributed by atoms with Crippen molar-refractivity contribution >= 4 is 0 Å². The summed E-state index contributed by atoms with van der Waals surface area (Å²) in [5.41, 5.74) is 4.53. The van der Waals surface area contributed by atoms with Crippen molar-refractivity contribution in [3.05, 3.63) is 71.3 Å². The van der Waals surface area contributed by atoms with E-state index in [-0.39, 0.29) is 0 Å². The van der Waals surface area contributed by atoms with Crippen LogP contribution in [0.15, 0.2) is 54.6 Å². The van der Waals surface area contributed by atoms with E-state index in [0.717, 1.165) is 11.8 Å². The van der Waals surface area contributed by atoms with Crippen molar-refractivity contribution in [2.24, 2.45) is 11.8 Å². The lowest BCUT2D eigenvalue weighted by atomic mass is 9.77. The molecule has 0 heterocycles. The molecule has 0 bridgehead atoms. The van der Waals surface area contributed by atoms with Crippen molar-refractivity contribution in [3.8, 4) is 0 Å². The van der Waals surface area contributed by atoms with Gasteiger partial charge in [-0.3, -0.25) is 0 Å². The minimum atomic E-state index is 0.961. The summed E-state index contributed by atoms with van der Waals surface area (Å²) in [6.45, 7) is 2.25. The Morgan fingerprint density at radius 1 is 0.600 bits per heavy atom. The van der Waals surface area contributed by atoms with Crippen LogP contribution >= 0.6 is 0 Å². The Bertz CT molecular complexity index is 588. The Labute approximate surface area is 154 Å². The largest absolute Gasteiger partial charge is 0.0651 e. The highest BCUT2D eigenvalue weighted by molar-refractivity contribution is 5.22. The Balaban J connectivity index is 1.35. The first-order chi connectivity index (χ1) is 12.3. The molecule has 25 heavy (non-hydrogen) atoms.